The van der Waals surface area contributed by atoms with Gasteiger partial charge in [-0.05, 0) is 59.9 Å². The second-order valence-corrected chi connectivity index (χ2v) is 6.18. The molecular formula is C17H17BrO2. The van der Waals surface area contributed by atoms with Crippen molar-refractivity contribution in [1.29, 1.82) is 0 Å². The lowest BCUT2D eigenvalue weighted by atomic mass is 9.94. The van der Waals surface area contributed by atoms with Gasteiger partial charge in [0, 0.05) is 10.9 Å². The van der Waals surface area contributed by atoms with Crippen LogP contribution < -0.4 is 4.74 Å². The van der Waals surface area contributed by atoms with E-state index in [0.717, 1.165) is 45.5 Å². The number of aryl methyl sites for hydroxylation is 2. The van der Waals surface area contributed by atoms with E-state index in [-0.39, 0.29) is 0 Å². The normalized spacial score (nSPS) is 14.8. The lowest BCUT2D eigenvalue weighted by Gasteiger charge is -2.16. The molecule has 0 amide bonds. The first-order valence-electron chi connectivity index (χ1n) is 6.76. The van der Waals surface area contributed by atoms with E-state index in [0.29, 0.717) is 0 Å². The highest BCUT2D eigenvalue weighted by molar-refractivity contribution is 9.10. The minimum Gasteiger partial charge on any atom is -0.493 e. The van der Waals surface area contributed by atoms with Crippen molar-refractivity contribution in [1.82, 2.24) is 0 Å². The third kappa shape index (κ3) is 2.36. The Morgan fingerprint density at radius 1 is 1.15 bits per heavy atom. The number of hydrogen-bond acceptors (Lipinski definition) is 2. The third-order valence-electron chi connectivity index (χ3n) is 3.87. The molecule has 1 N–H and O–H groups in total. The average Bonchev–Trinajstić information content (AvgIpc) is 2.89. The van der Waals surface area contributed by atoms with E-state index in [4.69, 9.17) is 4.74 Å². The fourth-order valence-electron chi connectivity index (χ4n) is 2.65. The third-order valence-corrected chi connectivity index (χ3v) is 4.73. The summed E-state index contributed by atoms with van der Waals surface area (Å²) in [6, 6.07) is 10.1. The molecule has 0 saturated heterocycles. The zero-order chi connectivity index (χ0) is 14.3. The van der Waals surface area contributed by atoms with Gasteiger partial charge in [0.2, 0.25) is 0 Å². The molecule has 1 atom stereocenters. The standard InChI is InChI=1S/C17H17BrO2/c1-10-8-15(18)11(2)7-14(10)17(19)13-3-4-16-12(9-13)5-6-20-16/h3-4,7-9,17,19H,5-6H2,1-2H3. The van der Waals surface area contributed by atoms with Crippen molar-refractivity contribution < 1.29 is 9.84 Å². The molecule has 104 valence electrons. The highest BCUT2D eigenvalue weighted by Gasteiger charge is 2.18. The first-order valence-corrected chi connectivity index (χ1v) is 7.56. The number of ether oxygens (including phenoxy) is 1. The van der Waals surface area contributed by atoms with Crippen molar-refractivity contribution in [2.45, 2.75) is 26.4 Å². The molecule has 2 nitrogen and oxygen atoms in total. The van der Waals surface area contributed by atoms with Crippen molar-refractivity contribution in [3.05, 3.63) is 62.6 Å². The Morgan fingerprint density at radius 2 is 1.95 bits per heavy atom. The number of fused-ring (bicyclic) bond motifs is 1. The summed E-state index contributed by atoms with van der Waals surface area (Å²) in [6.07, 6.45) is 0.335. The number of aliphatic hydroxyl groups excluding tert-OH is 1. The lowest BCUT2D eigenvalue weighted by Crippen LogP contribution is -2.03. The molecule has 1 aliphatic heterocycles. The highest BCUT2D eigenvalue weighted by atomic mass is 79.9. The molecule has 20 heavy (non-hydrogen) atoms. The van der Waals surface area contributed by atoms with Gasteiger partial charge in [-0.2, -0.15) is 0 Å². The van der Waals surface area contributed by atoms with Crippen LogP contribution in [0.1, 0.15) is 33.9 Å². The van der Waals surface area contributed by atoms with Crippen LogP contribution in [-0.4, -0.2) is 11.7 Å². The van der Waals surface area contributed by atoms with Crippen LogP contribution in [0.25, 0.3) is 0 Å². The molecule has 0 saturated carbocycles. The Balaban J connectivity index is 2.00. The second-order valence-electron chi connectivity index (χ2n) is 5.33. The minimum absolute atomic E-state index is 0.590. The Morgan fingerprint density at radius 3 is 2.75 bits per heavy atom. The number of benzene rings is 2. The van der Waals surface area contributed by atoms with E-state index < -0.39 is 6.10 Å². The van der Waals surface area contributed by atoms with Crippen LogP contribution in [0.15, 0.2) is 34.8 Å². The van der Waals surface area contributed by atoms with Crippen LogP contribution in [0.2, 0.25) is 0 Å². The van der Waals surface area contributed by atoms with E-state index >= 15 is 0 Å². The molecule has 3 rings (SSSR count). The van der Waals surface area contributed by atoms with Crippen molar-refractivity contribution in [3.8, 4) is 5.75 Å². The van der Waals surface area contributed by atoms with E-state index in [9.17, 15) is 5.11 Å². The van der Waals surface area contributed by atoms with Crippen LogP contribution in [-0.2, 0) is 6.42 Å². The van der Waals surface area contributed by atoms with Crippen LogP contribution in [0.3, 0.4) is 0 Å². The van der Waals surface area contributed by atoms with Crippen molar-refractivity contribution >= 4 is 15.9 Å². The number of rotatable bonds is 2. The van der Waals surface area contributed by atoms with Gasteiger partial charge in [0.1, 0.15) is 11.9 Å². The van der Waals surface area contributed by atoms with Gasteiger partial charge in [0.05, 0.1) is 6.61 Å². The van der Waals surface area contributed by atoms with Gasteiger partial charge in [0.25, 0.3) is 0 Å². The van der Waals surface area contributed by atoms with Crippen LogP contribution in [0.4, 0.5) is 0 Å². The molecule has 0 spiro atoms. The van der Waals surface area contributed by atoms with Gasteiger partial charge in [0.15, 0.2) is 0 Å². The summed E-state index contributed by atoms with van der Waals surface area (Å²) in [5, 5.41) is 10.7. The molecule has 1 heterocycles. The molecular weight excluding hydrogens is 316 g/mol. The van der Waals surface area contributed by atoms with Crippen molar-refractivity contribution in [3.63, 3.8) is 0 Å². The van der Waals surface area contributed by atoms with Gasteiger partial charge in [-0.25, -0.2) is 0 Å². The van der Waals surface area contributed by atoms with Crippen LogP contribution >= 0.6 is 15.9 Å². The zero-order valence-electron chi connectivity index (χ0n) is 11.6. The SMILES string of the molecule is Cc1cc(C(O)c2ccc3c(c2)CCO3)c(C)cc1Br. The van der Waals surface area contributed by atoms with Crippen molar-refractivity contribution in [2.75, 3.05) is 6.61 Å². The predicted octanol–water partition coefficient (Wildman–Crippen LogP) is 4.08. The van der Waals surface area contributed by atoms with E-state index in [2.05, 4.69) is 28.1 Å². The maximum absolute atomic E-state index is 10.7. The van der Waals surface area contributed by atoms with Gasteiger partial charge in [-0.1, -0.05) is 28.1 Å². The maximum atomic E-state index is 10.7. The smallest absolute Gasteiger partial charge is 0.122 e. The lowest BCUT2D eigenvalue weighted by molar-refractivity contribution is 0.219. The molecule has 0 aromatic heterocycles. The molecule has 0 fully saturated rings. The number of halogens is 1. The first kappa shape index (κ1) is 13.7. The van der Waals surface area contributed by atoms with Gasteiger partial charge >= 0.3 is 0 Å². The molecule has 2 aromatic carbocycles. The van der Waals surface area contributed by atoms with Gasteiger partial charge < -0.3 is 9.84 Å². The van der Waals surface area contributed by atoms with Crippen LogP contribution in [0.5, 0.6) is 5.75 Å². The minimum atomic E-state index is -0.590. The summed E-state index contributed by atoms with van der Waals surface area (Å²) in [6.45, 7) is 4.81. The molecule has 0 radical (unpaired) electrons. The molecule has 0 aliphatic carbocycles. The van der Waals surface area contributed by atoms with Gasteiger partial charge in [-0.15, -0.1) is 0 Å². The zero-order valence-corrected chi connectivity index (χ0v) is 13.2. The summed E-state index contributed by atoms with van der Waals surface area (Å²) in [7, 11) is 0. The Labute approximate surface area is 127 Å². The predicted molar refractivity (Wildman–Crippen MR) is 83.3 cm³/mol. The molecule has 3 heteroatoms. The fourth-order valence-corrected chi connectivity index (χ4v) is 3.11. The molecule has 0 bridgehead atoms. The summed E-state index contributed by atoms with van der Waals surface area (Å²) < 4.78 is 6.59. The van der Waals surface area contributed by atoms with E-state index in [1.165, 1.54) is 5.56 Å². The summed E-state index contributed by atoms with van der Waals surface area (Å²) in [4.78, 5) is 0. The summed E-state index contributed by atoms with van der Waals surface area (Å²) in [5.41, 5.74) is 5.30. The van der Waals surface area contributed by atoms with E-state index in [1.54, 1.807) is 0 Å². The second kappa shape index (κ2) is 5.23. The number of hydrogen-bond donors (Lipinski definition) is 1. The summed E-state index contributed by atoms with van der Waals surface area (Å²) in [5.74, 6) is 0.949. The van der Waals surface area contributed by atoms with Gasteiger partial charge in [-0.3, -0.25) is 0 Å². The Bertz CT molecular complexity index is 664. The highest BCUT2D eigenvalue weighted by Crippen LogP contribution is 2.33. The quantitative estimate of drug-likeness (QED) is 0.897. The number of aliphatic hydroxyl groups is 1. The largest absolute Gasteiger partial charge is 0.493 e. The average molecular weight is 333 g/mol. The summed E-state index contributed by atoms with van der Waals surface area (Å²) >= 11 is 3.53. The molecule has 1 unspecified atom stereocenters. The topological polar surface area (TPSA) is 29.5 Å². The fraction of sp³-hybridized carbons (Fsp3) is 0.294. The Hall–Kier alpha value is -1.32. The maximum Gasteiger partial charge on any atom is 0.122 e. The van der Waals surface area contributed by atoms with E-state index in [1.807, 2.05) is 32.0 Å². The monoisotopic (exact) mass is 332 g/mol. The van der Waals surface area contributed by atoms with Crippen LogP contribution in [0, 0.1) is 13.8 Å². The first-order chi connectivity index (χ1) is 9.56. The molecule has 1 aliphatic rings. The Kier molecular flexibility index (Phi) is 3.57. The van der Waals surface area contributed by atoms with Crippen molar-refractivity contribution in [2.24, 2.45) is 0 Å². The molecule has 2 aromatic rings.